The molecule has 1 fully saturated rings. The van der Waals surface area contributed by atoms with Crippen LogP contribution < -0.4 is 5.73 Å². The molecule has 2 aromatic rings. The van der Waals surface area contributed by atoms with Gasteiger partial charge in [-0.15, -0.1) is 0 Å². The van der Waals surface area contributed by atoms with Gasteiger partial charge in [0.05, 0.1) is 12.2 Å². The summed E-state index contributed by atoms with van der Waals surface area (Å²) in [6, 6.07) is 4.40. The molecule has 1 atom stereocenters. The van der Waals surface area contributed by atoms with Crippen LogP contribution in [-0.2, 0) is 13.6 Å². The molecule has 1 aliphatic carbocycles. The van der Waals surface area contributed by atoms with Gasteiger partial charge in [-0.1, -0.05) is 0 Å². The van der Waals surface area contributed by atoms with E-state index in [-0.39, 0.29) is 6.04 Å². The van der Waals surface area contributed by atoms with Crippen molar-refractivity contribution >= 4 is 0 Å². The van der Waals surface area contributed by atoms with Crippen molar-refractivity contribution in [1.82, 2.24) is 14.3 Å². The Morgan fingerprint density at radius 2 is 2.24 bits per heavy atom. The van der Waals surface area contributed by atoms with E-state index in [0.717, 1.165) is 12.2 Å². The summed E-state index contributed by atoms with van der Waals surface area (Å²) in [7, 11) is 1.94. The Hall–Kier alpha value is -1.55. The number of hydrogen-bond acceptors (Lipinski definition) is 2. The molecule has 1 saturated carbocycles. The third-order valence-corrected chi connectivity index (χ3v) is 3.40. The Morgan fingerprint density at radius 3 is 2.88 bits per heavy atom. The Labute approximate surface area is 101 Å². The first-order chi connectivity index (χ1) is 8.22. The van der Waals surface area contributed by atoms with E-state index in [0.29, 0.717) is 5.92 Å². The van der Waals surface area contributed by atoms with Gasteiger partial charge in [0.1, 0.15) is 0 Å². The highest BCUT2D eigenvalue weighted by Crippen LogP contribution is 2.39. The molecule has 17 heavy (non-hydrogen) atoms. The minimum atomic E-state index is 0.222. The molecule has 0 aromatic carbocycles. The summed E-state index contributed by atoms with van der Waals surface area (Å²) >= 11 is 0. The highest BCUT2D eigenvalue weighted by Gasteiger charge is 2.29. The van der Waals surface area contributed by atoms with Crippen molar-refractivity contribution in [1.29, 1.82) is 0 Å². The third kappa shape index (κ3) is 2.26. The lowest BCUT2D eigenvalue weighted by Gasteiger charge is -2.07. The molecule has 0 spiro atoms. The Kier molecular flexibility index (Phi) is 2.52. The van der Waals surface area contributed by atoms with Crippen molar-refractivity contribution in [2.45, 2.75) is 25.4 Å². The molecule has 2 heterocycles. The molecule has 4 heteroatoms. The first-order valence-electron chi connectivity index (χ1n) is 6.12. The first kappa shape index (κ1) is 10.6. The fraction of sp³-hybridized carbons (Fsp3) is 0.462. The van der Waals surface area contributed by atoms with Crippen LogP contribution in [0.5, 0.6) is 0 Å². The van der Waals surface area contributed by atoms with E-state index in [1.807, 2.05) is 24.0 Å². The highest BCUT2D eigenvalue weighted by atomic mass is 15.3. The number of aromatic nitrogens is 3. The predicted molar refractivity (Wildman–Crippen MR) is 66.4 cm³/mol. The second-order valence-corrected chi connectivity index (χ2v) is 4.96. The van der Waals surface area contributed by atoms with Crippen LogP contribution in [-0.4, -0.2) is 14.3 Å². The van der Waals surface area contributed by atoms with Crippen molar-refractivity contribution in [3.8, 4) is 0 Å². The third-order valence-electron chi connectivity index (χ3n) is 3.40. The summed E-state index contributed by atoms with van der Waals surface area (Å²) in [5.41, 5.74) is 8.51. The number of rotatable bonds is 4. The van der Waals surface area contributed by atoms with Crippen molar-refractivity contribution in [2.75, 3.05) is 0 Å². The van der Waals surface area contributed by atoms with Crippen LogP contribution in [0, 0.1) is 5.92 Å². The molecular formula is C13H18N4. The van der Waals surface area contributed by atoms with Gasteiger partial charge in [-0.05, 0) is 36.5 Å². The van der Waals surface area contributed by atoms with E-state index in [1.165, 1.54) is 18.4 Å². The maximum absolute atomic E-state index is 6.18. The van der Waals surface area contributed by atoms with E-state index in [9.17, 15) is 0 Å². The monoisotopic (exact) mass is 230 g/mol. The molecule has 2 N–H and O–H groups in total. The van der Waals surface area contributed by atoms with E-state index < -0.39 is 0 Å². The molecule has 90 valence electrons. The minimum Gasteiger partial charge on any atom is -0.348 e. The van der Waals surface area contributed by atoms with Gasteiger partial charge in [0, 0.05) is 31.7 Å². The van der Waals surface area contributed by atoms with Gasteiger partial charge in [0.15, 0.2) is 0 Å². The largest absolute Gasteiger partial charge is 0.348 e. The molecule has 0 saturated heterocycles. The van der Waals surface area contributed by atoms with Crippen LogP contribution >= 0.6 is 0 Å². The number of nitrogens with two attached hydrogens (primary N) is 1. The highest BCUT2D eigenvalue weighted by molar-refractivity contribution is 5.18. The predicted octanol–water partition coefficient (Wildman–Crippen LogP) is 1.68. The zero-order chi connectivity index (χ0) is 11.8. The van der Waals surface area contributed by atoms with Crippen molar-refractivity contribution in [3.05, 3.63) is 42.0 Å². The summed E-state index contributed by atoms with van der Waals surface area (Å²) in [6.45, 7) is 0.818. The van der Waals surface area contributed by atoms with Crippen LogP contribution in [0.2, 0.25) is 0 Å². The van der Waals surface area contributed by atoms with E-state index in [2.05, 4.69) is 28.1 Å². The van der Waals surface area contributed by atoms with Crippen LogP contribution in [0.1, 0.15) is 30.1 Å². The average Bonchev–Trinajstić information content (AvgIpc) is 2.93. The molecule has 1 unspecified atom stereocenters. The van der Waals surface area contributed by atoms with E-state index in [4.69, 9.17) is 5.73 Å². The van der Waals surface area contributed by atoms with Gasteiger partial charge in [0.2, 0.25) is 0 Å². The second-order valence-electron chi connectivity index (χ2n) is 4.96. The fourth-order valence-electron chi connectivity index (χ4n) is 2.22. The molecule has 1 aliphatic rings. The molecule has 0 aliphatic heterocycles. The molecule has 2 aromatic heterocycles. The zero-order valence-corrected chi connectivity index (χ0v) is 10.1. The SMILES string of the molecule is Cn1ccc(Cn2ccc(C(N)C3CC3)c2)n1. The summed E-state index contributed by atoms with van der Waals surface area (Å²) < 4.78 is 3.98. The van der Waals surface area contributed by atoms with Gasteiger partial charge in [-0.25, -0.2) is 0 Å². The van der Waals surface area contributed by atoms with Crippen LogP contribution in [0.15, 0.2) is 30.7 Å². The smallest absolute Gasteiger partial charge is 0.0821 e. The topological polar surface area (TPSA) is 48.8 Å². The van der Waals surface area contributed by atoms with Gasteiger partial charge in [-0.2, -0.15) is 5.10 Å². The van der Waals surface area contributed by atoms with Crippen molar-refractivity contribution in [3.63, 3.8) is 0 Å². The first-order valence-corrected chi connectivity index (χ1v) is 6.12. The molecular weight excluding hydrogens is 212 g/mol. The summed E-state index contributed by atoms with van der Waals surface area (Å²) in [5, 5.41) is 4.37. The molecule has 0 amide bonds. The van der Waals surface area contributed by atoms with Gasteiger partial charge in [0.25, 0.3) is 0 Å². The van der Waals surface area contributed by atoms with Gasteiger partial charge >= 0.3 is 0 Å². The number of aryl methyl sites for hydroxylation is 1. The van der Waals surface area contributed by atoms with Gasteiger partial charge < -0.3 is 10.3 Å². The number of nitrogens with zero attached hydrogens (tertiary/aromatic N) is 3. The average molecular weight is 230 g/mol. The molecule has 3 rings (SSSR count). The maximum Gasteiger partial charge on any atom is 0.0821 e. The van der Waals surface area contributed by atoms with Crippen LogP contribution in [0.3, 0.4) is 0 Å². The lowest BCUT2D eigenvalue weighted by atomic mass is 10.1. The number of hydrogen-bond donors (Lipinski definition) is 1. The fourth-order valence-corrected chi connectivity index (χ4v) is 2.22. The lowest BCUT2D eigenvalue weighted by Crippen LogP contribution is -2.11. The van der Waals surface area contributed by atoms with E-state index in [1.54, 1.807) is 0 Å². The standard InChI is InChI=1S/C13H18N4/c1-16-6-5-12(15-16)9-17-7-4-11(8-17)13(14)10-2-3-10/h4-8,10,13H,2-3,9,14H2,1H3. The molecule has 0 radical (unpaired) electrons. The summed E-state index contributed by atoms with van der Waals surface area (Å²) in [4.78, 5) is 0. The summed E-state index contributed by atoms with van der Waals surface area (Å²) in [5.74, 6) is 0.709. The van der Waals surface area contributed by atoms with Gasteiger partial charge in [-0.3, -0.25) is 4.68 Å². The Morgan fingerprint density at radius 1 is 1.41 bits per heavy atom. The van der Waals surface area contributed by atoms with Crippen molar-refractivity contribution in [2.24, 2.45) is 18.7 Å². The van der Waals surface area contributed by atoms with Crippen molar-refractivity contribution < 1.29 is 0 Å². The lowest BCUT2D eigenvalue weighted by molar-refractivity contribution is 0.629. The minimum absolute atomic E-state index is 0.222. The maximum atomic E-state index is 6.18. The Bertz CT molecular complexity index is 507. The zero-order valence-electron chi connectivity index (χ0n) is 10.1. The van der Waals surface area contributed by atoms with Crippen LogP contribution in [0.4, 0.5) is 0 Å². The Balaban J connectivity index is 1.71. The quantitative estimate of drug-likeness (QED) is 0.868. The molecule has 0 bridgehead atoms. The molecule has 4 nitrogen and oxygen atoms in total. The second kappa shape index (κ2) is 4.04. The van der Waals surface area contributed by atoms with E-state index >= 15 is 0 Å². The summed E-state index contributed by atoms with van der Waals surface area (Å²) in [6.07, 6.45) is 8.78. The van der Waals surface area contributed by atoms with Crippen LogP contribution in [0.25, 0.3) is 0 Å². The normalized spacial score (nSPS) is 17.3.